The fourth-order valence-corrected chi connectivity index (χ4v) is 3.83. The van der Waals surface area contributed by atoms with E-state index in [1.165, 1.54) is 18.7 Å². The number of hydrogen-bond acceptors (Lipinski definition) is 2. The van der Waals surface area contributed by atoms with Gasteiger partial charge in [-0.15, -0.1) is 0 Å². The normalized spacial score (nSPS) is 16.7. The summed E-state index contributed by atoms with van der Waals surface area (Å²) in [6.07, 6.45) is -4.96. The van der Waals surface area contributed by atoms with E-state index in [0.29, 0.717) is 32.1 Å². The largest absolute Gasteiger partial charge is 0.419 e. The molecule has 154 valence electrons. The molecule has 0 N–H and O–H groups in total. The van der Waals surface area contributed by atoms with Gasteiger partial charge in [-0.25, -0.2) is 14.1 Å². The first kappa shape index (κ1) is 21.6. The number of imide groups is 1. The molecule has 0 aliphatic carbocycles. The van der Waals surface area contributed by atoms with Gasteiger partial charge in [0.05, 0.1) is 11.3 Å². The molecule has 0 saturated carbocycles. The van der Waals surface area contributed by atoms with E-state index in [9.17, 15) is 27.2 Å². The van der Waals surface area contributed by atoms with Gasteiger partial charge in [-0.3, -0.25) is 4.79 Å². The molecule has 0 unspecified atom stereocenters. The molecule has 10 heteroatoms. The first-order chi connectivity index (χ1) is 13.3. The van der Waals surface area contributed by atoms with Crippen molar-refractivity contribution in [3.63, 3.8) is 0 Å². The number of amides is 3. The number of benzene rings is 2. The van der Waals surface area contributed by atoms with E-state index >= 15 is 0 Å². The monoisotopic (exact) mass is 492 g/mol. The number of rotatable bonds is 3. The first-order valence-corrected chi connectivity index (χ1v) is 9.48. The van der Waals surface area contributed by atoms with Gasteiger partial charge in [-0.2, -0.15) is 13.2 Å². The van der Waals surface area contributed by atoms with Crippen LogP contribution in [0.5, 0.6) is 0 Å². The summed E-state index contributed by atoms with van der Waals surface area (Å²) in [6.45, 7) is 3.00. The minimum Gasteiger partial charge on any atom is -0.305 e. The number of carbonyl (C=O) groups excluding carboxylic acids is 2. The molecule has 0 aromatic heterocycles. The zero-order valence-corrected chi connectivity index (χ0v) is 17.5. The molecule has 29 heavy (non-hydrogen) atoms. The number of nitrogens with zero attached hydrogens (tertiary/aromatic N) is 2. The Kier molecular flexibility index (Phi) is 5.42. The third-order valence-electron chi connectivity index (χ3n) is 4.68. The number of halogens is 6. The maximum absolute atomic E-state index is 13.6. The van der Waals surface area contributed by atoms with Crippen LogP contribution in [0.2, 0.25) is 5.02 Å². The van der Waals surface area contributed by atoms with Crippen LogP contribution in [-0.2, 0) is 17.5 Å². The van der Waals surface area contributed by atoms with E-state index < -0.39 is 35.0 Å². The third kappa shape index (κ3) is 3.85. The molecule has 1 fully saturated rings. The van der Waals surface area contributed by atoms with Crippen LogP contribution >= 0.6 is 27.5 Å². The lowest BCUT2D eigenvalue weighted by atomic mass is 10.0. The van der Waals surface area contributed by atoms with E-state index in [-0.39, 0.29) is 12.2 Å². The fraction of sp³-hybridized carbons (Fsp3) is 0.263. The average molecular weight is 494 g/mol. The molecule has 1 aliphatic heterocycles. The molecule has 0 bridgehead atoms. The number of carbonyl (C=O) groups is 2. The summed E-state index contributed by atoms with van der Waals surface area (Å²) in [6, 6.07) is 6.12. The Morgan fingerprint density at radius 2 is 1.76 bits per heavy atom. The van der Waals surface area contributed by atoms with E-state index in [1.54, 1.807) is 18.2 Å². The molecule has 1 aliphatic rings. The van der Waals surface area contributed by atoms with Crippen molar-refractivity contribution in [1.82, 2.24) is 4.90 Å². The Hall–Kier alpha value is -2.13. The lowest BCUT2D eigenvalue weighted by Crippen LogP contribution is -2.43. The van der Waals surface area contributed by atoms with Crippen LogP contribution < -0.4 is 4.90 Å². The number of anilines is 1. The van der Waals surface area contributed by atoms with Crippen molar-refractivity contribution in [3.8, 4) is 0 Å². The quantitative estimate of drug-likeness (QED) is 0.388. The molecule has 2 aromatic carbocycles. The van der Waals surface area contributed by atoms with Gasteiger partial charge < -0.3 is 4.90 Å². The standard InChI is InChI=1S/C19H14BrClF4N2O2/c1-18(2)16(28)27(12-5-6-15(22)13(8-12)19(23,24)25)17(29)26(18)9-10-3-4-11(21)7-14(10)20/h3-8H,9H2,1-2H3. The molecule has 1 saturated heterocycles. The second-order valence-corrected chi connectivity index (χ2v) is 8.26. The van der Waals surface area contributed by atoms with Crippen molar-refractivity contribution in [3.05, 3.63) is 62.8 Å². The van der Waals surface area contributed by atoms with E-state index in [2.05, 4.69) is 15.9 Å². The van der Waals surface area contributed by atoms with E-state index in [1.807, 2.05) is 0 Å². The lowest BCUT2D eigenvalue weighted by molar-refractivity contribution is -0.140. The predicted octanol–water partition coefficient (Wildman–Crippen LogP) is 6.01. The second kappa shape index (κ2) is 7.28. The van der Waals surface area contributed by atoms with Crippen LogP contribution in [0, 0.1) is 5.82 Å². The molecular formula is C19H14BrClF4N2O2. The van der Waals surface area contributed by atoms with Crippen LogP contribution in [0.25, 0.3) is 0 Å². The fourth-order valence-electron chi connectivity index (χ4n) is 3.02. The number of alkyl halides is 3. The minimum absolute atomic E-state index is 0.0130. The summed E-state index contributed by atoms with van der Waals surface area (Å²) in [7, 11) is 0. The summed E-state index contributed by atoms with van der Waals surface area (Å²) in [5.74, 6) is -2.20. The van der Waals surface area contributed by atoms with Gasteiger partial charge in [0.15, 0.2) is 0 Å². The summed E-state index contributed by atoms with van der Waals surface area (Å²) in [4.78, 5) is 27.7. The molecule has 0 radical (unpaired) electrons. The van der Waals surface area contributed by atoms with Crippen molar-refractivity contribution < 1.29 is 27.2 Å². The van der Waals surface area contributed by atoms with Gasteiger partial charge in [0.1, 0.15) is 11.4 Å². The highest BCUT2D eigenvalue weighted by Crippen LogP contribution is 2.38. The highest BCUT2D eigenvalue weighted by atomic mass is 79.9. The van der Waals surface area contributed by atoms with Crippen LogP contribution in [0.1, 0.15) is 25.0 Å². The predicted molar refractivity (Wildman–Crippen MR) is 103 cm³/mol. The van der Waals surface area contributed by atoms with Gasteiger partial charge in [0, 0.05) is 16.0 Å². The maximum Gasteiger partial charge on any atom is 0.419 e. The van der Waals surface area contributed by atoms with Crippen LogP contribution in [0.3, 0.4) is 0 Å². The van der Waals surface area contributed by atoms with Crippen molar-refractivity contribution in [1.29, 1.82) is 0 Å². The highest BCUT2D eigenvalue weighted by molar-refractivity contribution is 9.10. The molecule has 0 spiro atoms. The van der Waals surface area contributed by atoms with Gasteiger partial charge >= 0.3 is 12.2 Å². The first-order valence-electron chi connectivity index (χ1n) is 8.31. The third-order valence-corrected chi connectivity index (χ3v) is 5.65. The topological polar surface area (TPSA) is 40.6 Å². The zero-order valence-electron chi connectivity index (χ0n) is 15.1. The van der Waals surface area contributed by atoms with Crippen LogP contribution in [0.15, 0.2) is 40.9 Å². The zero-order chi connectivity index (χ0) is 21.7. The van der Waals surface area contributed by atoms with E-state index in [0.717, 1.165) is 6.07 Å². The van der Waals surface area contributed by atoms with Crippen molar-refractivity contribution in [2.24, 2.45) is 0 Å². The summed E-state index contributed by atoms with van der Waals surface area (Å²) < 4.78 is 53.4. The molecule has 1 heterocycles. The average Bonchev–Trinajstić information content (AvgIpc) is 2.76. The van der Waals surface area contributed by atoms with Gasteiger partial charge in [-0.1, -0.05) is 33.6 Å². The Labute approximate surface area is 177 Å². The SMILES string of the molecule is CC1(C)C(=O)N(c2ccc(F)c(C(F)(F)F)c2)C(=O)N1Cc1ccc(Cl)cc1Br. The van der Waals surface area contributed by atoms with Gasteiger partial charge in [0.25, 0.3) is 5.91 Å². The molecule has 3 rings (SSSR count). The summed E-state index contributed by atoms with van der Waals surface area (Å²) in [5.41, 5.74) is -2.57. The number of urea groups is 1. The van der Waals surface area contributed by atoms with Crippen molar-refractivity contribution in [2.75, 3.05) is 4.90 Å². The van der Waals surface area contributed by atoms with Crippen molar-refractivity contribution in [2.45, 2.75) is 32.1 Å². The Balaban J connectivity index is 2.01. The highest BCUT2D eigenvalue weighted by Gasteiger charge is 2.52. The Morgan fingerprint density at radius 3 is 2.34 bits per heavy atom. The summed E-state index contributed by atoms with van der Waals surface area (Å²) >= 11 is 9.25. The lowest BCUT2D eigenvalue weighted by Gasteiger charge is -2.28. The Morgan fingerprint density at radius 1 is 1.10 bits per heavy atom. The van der Waals surface area contributed by atoms with E-state index in [4.69, 9.17) is 11.6 Å². The van der Waals surface area contributed by atoms with Crippen molar-refractivity contribution >= 4 is 45.2 Å². The number of hydrogen-bond donors (Lipinski definition) is 0. The molecule has 3 amide bonds. The van der Waals surface area contributed by atoms with Gasteiger partial charge in [-0.05, 0) is 49.7 Å². The Bertz CT molecular complexity index is 1010. The van der Waals surface area contributed by atoms with Gasteiger partial charge in [0.2, 0.25) is 0 Å². The van der Waals surface area contributed by atoms with Crippen LogP contribution in [0.4, 0.5) is 28.0 Å². The molecule has 2 aromatic rings. The molecular weight excluding hydrogens is 480 g/mol. The maximum atomic E-state index is 13.6. The van der Waals surface area contributed by atoms with Crippen LogP contribution in [-0.4, -0.2) is 22.4 Å². The minimum atomic E-state index is -4.96. The second-order valence-electron chi connectivity index (χ2n) is 6.97. The smallest absolute Gasteiger partial charge is 0.305 e. The summed E-state index contributed by atoms with van der Waals surface area (Å²) in [5, 5.41) is 0.469. The molecule has 0 atom stereocenters. The molecule has 4 nitrogen and oxygen atoms in total.